The summed E-state index contributed by atoms with van der Waals surface area (Å²) in [7, 11) is 0. The first-order valence-electron chi connectivity index (χ1n) is 3.07. The Labute approximate surface area is 68.4 Å². The molecule has 0 radical (unpaired) electrons. The van der Waals surface area contributed by atoms with E-state index < -0.39 is 5.97 Å². The number of carboxylic acid groups (broad SMARTS) is 1. The van der Waals surface area contributed by atoms with E-state index in [2.05, 4.69) is 9.92 Å². The third-order valence-corrected chi connectivity index (χ3v) is 3.28. The van der Waals surface area contributed by atoms with Gasteiger partial charge in [-0.3, -0.25) is 0 Å². The molecule has 3 nitrogen and oxygen atoms in total. The Bertz CT molecular complexity index is 373. The molecule has 11 heavy (non-hydrogen) atoms. The number of carboxylic acids is 1. The molecule has 2 heterocycles. The monoisotopic (exact) mass is 215 g/mol. The van der Waals surface area contributed by atoms with E-state index in [4.69, 9.17) is 5.11 Å². The van der Waals surface area contributed by atoms with Crippen molar-refractivity contribution in [1.29, 1.82) is 0 Å². The van der Waals surface area contributed by atoms with Crippen molar-refractivity contribution in [3.63, 3.8) is 0 Å². The molecule has 0 aliphatic rings. The molecule has 0 aromatic carbocycles. The summed E-state index contributed by atoms with van der Waals surface area (Å²) in [5, 5.41) is 8.59. The Morgan fingerprint density at radius 3 is 3.09 bits per heavy atom. The molecule has 0 atom stereocenters. The second-order valence-electron chi connectivity index (χ2n) is 2.19. The molecular formula is C7H5NO2Se. The van der Waals surface area contributed by atoms with Gasteiger partial charge < -0.3 is 0 Å². The third-order valence-electron chi connectivity index (χ3n) is 1.47. The number of hydrogen-bond donors (Lipinski definition) is 2. The van der Waals surface area contributed by atoms with Gasteiger partial charge >= 0.3 is 67.9 Å². The molecule has 2 aromatic heterocycles. The van der Waals surface area contributed by atoms with E-state index >= 15 is 0 Å². The fourth-order valence-corrected chi connectivity index (χ4v) is 2.61. The van der Waals surface area contributed by atoms with Crippen LogP contribution in [0, 0.1) is 0 Å². The zero-order valence-electron chi connectivity index (χ0n) is 5.50. The number of nitrogens with one attached hydrogen (secondary N) is 1. The average Bonchev–Trinajstić information content (AvgIpc) is 2.40. The van der Waals surface area contributed by atoms with Crippen molar-refractivity contribution in [2.75, 3.05) is 0 Å². The SMILES string of the molecule is O=C(O)c1cc2[se]ccc2[nH]1. The van der Waals surface area contributed by atoms with Crippen LogP contribution < -0.4 is 0 Å². The molecule has 0 fully saturated rings. The van der Waals surface area contributed by atoms with Crippen LogP contribution in [0.25, 0.3) is 9.78 Å². The molecule has 4 heteroatoms. The summed E-state index contributed by atoms with van der Waals surface area (Å²) in [6.45, 7) is 0. The van der Waals surface area contributed by atoms with Gasteiger partial charge in [0, 0.05) is 0 Å². The number of carbonyl (C=O) groups is 1. The third kappa shape index (κ3) is 1.00. The summed E-state index contributed by atoms with van der Waals surface area (Å²) < 4.78 is 1.13. The molecule has 2 rings (SSSR count). The Morgan fingerprint density at radius 1 is 1.64 bits per heavy atom. The molecule has 56 valence electrons. The van der Waals surface area contributed by atoms with E-state index in [9.17, 15) is 4.79 Å². The van der Waals surface area contributed by atoms with Crippen molar-refractivity contribution in [3.05, 3.63) is 22.8 Å². The Kier molecular flexibility index (Phi) is 1.37. The number of aromatic amines is 1. The number of aromatic nitrogens is 1. The van der Waals surface area contributed by atoms with Gasteiger partial charge in [-0.05, 0) is 0 Å². The van der Waals surface area contributed by atoms with E-state index in [1.54, 1.807) is 6.07 Å². The summed E-state index contributed by atoms with van der Waals surface area (Å²) in [6, 6.07) is 3.64. The van der Waals surface area contributed by atoms with Crippen LogP contribution >= 0.6 is 0 Å². The van der Waals surface area contributed by atoms with Crippen molar-refractivity contribution in [1.82, 2.24) is 4.98 Å². The topological polar surface area (TPSA) is 53.1 Å². The Balaban J connectivity index is 2.67. The molecular weight excluding hydrogens is 209 g/mol. The molecule has 0 spiro atoms. The first-order valence-corrected chi connectivity index (χ1v) is 4.91. The maximum absolute atomic E-state index is 10.5. The molecule has 0 amide bonds. The number of fused-ring (bicyclic) bond motifs is 1. The number of hydrogen-bond acceptors (Lipinski definition) is 1. The minimum absolute atomic E-state index is 0.293. The van der Waals surface area contributed by atoms with E-state index in [0.717, 1.165) is 9.78 Å². The summed E-state index contributed by atoms with van der Waals surface area (Å²) in [5.41, 5.74) is 1.25. The van der Waals surface area contributed by atoms with E-state index in [1.165, 1.54) is 0 Å². The van der Waals surface area contributed by atoms with E-state index in [-0.39, 0.29) is 0 Å². The van der Waals surface area contributed by atoms with Gasteiger partial charge in [0.25, 0.3) is 0 Å². The second-order valence-corrected chi connectivity index (χ2v) is 4.18. The fraction of sp³-hybridized carbons (Fsp3) is 0. The molecule has 2 N–H and O–H groups in total. The van der Waals surface area contributed by atoms with Gasteiger partial charge in [0.2, 0.25) is 0 Å². The predicted molar refractivity (Wildman–Crippen MR) is 42.2 cm³/mol. The molecule has 0 saturated heterocycles. The van der Waals surface area contributed by atoms with E-state index in [1.807, 2.05) is 6.07 Å². The van der Waals surface area contributed by atoms with Crippen LogP contribution in [-0.2, 0) is 0 Å². The normalized spacial score (nSPS) is 10.5. The van der Waals surface area contributed by atoms with Crippen LogP contribution in [0.3, 0.4) is 0 Å². The van der Waals surface area contributed by atoms with Crippen LogP contribution in [0.2, 0.25) is 0 Å². The van der Waals surface area contributed by atoms with Gasteiger partial charge in [0.05, 0.1) is 0 Å². The molecule has 0 bridgehead atoms. The van der Waals surface area contributed by atoms with Gasteiger partial charge in [-0.15, -0.1) is 0 Å². The van der Waals surface area contributed by atoms with Crippen LogP contribution in [0.4, 0.5) is 0 Å². The fourth-order valence-electron chi connectivity index (χ4n) is 0.963. The van der Waals surface area contributed by atoms with Gasteiger partial charge in [-0.1, -0.05) is 0 Å². The Morgan fingerprint density at radius 2 is 2.45 bits per heavy atom. The average molecular weight is 214 g/mol. The first kappa shape index (κ1) is 6.70. The molecule has 0 saturated carbocycles. The number of H-pyrrole nitrogens is 1. The van der Waals surface area contributed by atoms with Crippen LogP contribution in [-0.4, -0.2) is 30.6 Å². The van der Waals surface area contributed by atoms with Crippen LogP contribution in [0.1, 0.15) is 10.5 Å². The van der Waals surface area contributed by atoms with Gasteiger partial charge in [0.1, 0.15) is 0 Å². The summed E-state index contributed by atoms with van der Waals surface area (Å²) in [5.74, 6) is -0.886. The Hall–Kier alpha value is -0.991. The molecule has 0 aliphatic carbocycles. The maximum atomic E-state index is 10.5. The first-order chi connectivity index (χ1) is 5.27. The molecule has 2 aromatic rings. The van der Waals surface area contributed by atoms with Gasteiger partial charge in [-0.25, -0.2) is 0 Å². The van der Waals surface area contributed by atoms with E-state index in [0.29, 0.717) is 20.2 Å². The van der Waals surface area contributed by atoms with Crippen LogP contribution in [0.5, 0.6) is 0 Å². The number of aromatic carboxylic acids is 1. The number of rotatable bonds is 1. The van der Waals surface area contributed by atoms with Gasteiger partial charge in [-0.2, -0.15) is 0 Å². The van der Waals surface area contributed by atoms with Gasteiger partial charge in [0.15, 0.2) is 0 Å². The molecule has 0 aliphatic heterocycles. The zero-order chi connectivity index (χ0) is 7.84. The zero-order valence-corrected chi connectivity index (χ0v) is 7.21. The summed E-state index contributed by atoms with van der Waals surface area (Å²) in [4.78, 5) is 15.3. The van der Waals surface area contributed by atoms with Crippen molar-refractivity contribution < 1.29 is 9.90 Å². The summed E-state index contributed by atoms with van der Waals surface area (Å²) in [6.07, 6.45) is 0. The second kappa shape index (κ2) is 2.26. The van der Waals surface area contributed by atoms with Crippen molar-refractivity contribution in [3.8, 4) is 0 Å². The predicted octanol–water partition coefficient (Wildman–Crippen LogP) is 0.923. The van der Waals surface area contributed by atoms with Crippen molar-refractivity contribution in [2.24, 2.45) is 0 Å². The van der Waals surface area contributed by atoms with Crippen molar-refractivity contribution >= 4 is 30.2 Å². The minimum atomic E-state index is -0.886. The van der Waals surface area contributed by atoms with Crippen molar-refractivity contribution in [2.45, 2.75) is 0 Å². The summed E-state index contributed by atoms with van der Waals surface area (Å²) >= 11 is 0.333. The molecule has 0 unspecified atom stereocenters. The quantitative estimate of drug-likeness (QED) is 0.693. The standard InChI is InChI=1S/C7H5NO2Se/c9-7(10)5-3-6-4(8-5)1-2-11-6/h1-3,8H,(H,9,10). The van der Waals surface area contributed by atoms with Crippen LogP contribution in [0.15, 0.2) is 17.1 Å².